The molecule has 0 saturated carbocycles. The van der Waals surface area contributed by atoms with Crippen LogP contribution in [0.2, 0.25) is 0 Å². The molecule has 88 valence electrons. The lowest BCUT2D eigenvalue weighted by Gasteiger charge is -2.02. The second-order valence-electron chi connectivity index (χ2n) is 3.35. The molecule has 6 heteroatoms. The van der Waals surface area contributed by atoms with Gasteiger partial charge in [0, 0.05) is 12.7 Å². The van der Waals surface area contributed by atoms with Crippen molar-refractivity contribution in [1.29, 1.82) is 0 Å². The van der Waals surface area contributed by atoms with E-state index in [9.17, 15) is 4.79 Å². The normalized spacial score (nSPS) is 10.4. The van der Waals surface area contributed by atoms with E-state index in [1.165, 1.54) is 0 Å². The Balaban J connectivity index is 1.90. The van der Waals surface area contributed by atoms with E-state index in [-0.39, 0.29) is 5.69 Å². The third-order valence-electron chi connectivity index (χ3n) is 2.16. The minimum Gasteiger partial charge on any atom is -0.476 e. The second-order valence-corrected chi connectivity index (χ2v) is 3.35. The summed E-state index contributed by atoms with van der Waals surface area (Å²) in [7, 11) is 0. The Morgan fingerprint density at radius 3 is 2.94 bits per heavy atom. The van der Waals surface area contributed by atoms with Crippen molar-refractivity contribution >= 4 is 5.97 Å². The molecule has 0 atom stereocenters. The summed E-state index contributed by atoms with van der Waals surface area (Å²) in [5, 5.41) is 11.8. The van der Waals surface area contributed by atoms with Crippen LogP contribution in [0.15, 0.2) is 35.2 Å². The average Bonchev–Trinajstić information content (AvgIpc) is 2.79. The first-order valence-electron chi connectivity index (χ1n) is 5.03. The number of pyridine rings is 1. The molecule has 0 amide bonds. The van der Waals surface area contributed by atoms with Crippen molar-refractivity contribution in [3.63, 3.8) is 0 Å². The molecule has 0 unspecified atom stereocenters. The number of carbonyl (C=O) groups is 1. The van der Waals surface area contributed by atoms with Crippen molar-refractivity contribution in [2.45, 2.75) is 13.1 Å². The van der Waals surface area contributed by atoms with E-state index < -0.39 is 5.97 Å². The third kappa shape index (κ3) is 2.88. The highest BCUT2D eigenvalue weighted by atomic mass is 16.4. The average molecular weight is 233 g/mol. The molecule has 2 heterocycles. The maximum absolute atomic E-state index is 10.8. The van der Waals surface area contributed by atoms with Crippen molar-refractivity contribution in [2.24, 2.45) is 0 Å². The summed E-state index contributed by atoms with van der Waals surface area (Å²) in [4.78, 5) is 18.5. The second kappa shape index (κ2) is 5.22. The number of nitrogens with zero attached hydrogens (tertiary/aromatic N) is 2. The molecule has 0 fully saturated rings. The molecule has 0 bridgehead atoms. The van der Waals surface area contributed by atoms with E-state index >= 15 is 0 Å². The van der Waals surface area contributed by atoms with Crippen LogP contribution in [0.5, 0.6) is 0 Å². The molecule has 2 aromatic heterocycles. The molecule has 0 spiro atoms. The van der Waals surface area contributed by atoms with Crippen molar-refractivity contribution in [2.75, 3.05) is 0 Å². The summed E-state index contributed by atoms with van der Waals surface area (Å²) in [6.45, 7) is 0.846. The molecule has 0 aromatic carbocycles. The lowest BCUT2D eigenvalue weighted by Crippen LogP contribution is -2.15. The highest BCUT2D eigenvalue weighted by Crippen LogP contribution is 2.06. The maximum Gasteiger partial charge on any atom is 0.358 e. The minimum absolute atomic E-state index is 0.0569. The summed E-state index contributed by atoms with van der Waals surface area (Å²) in [6, 6.07) is 5.61. The van der Waals surface area contributed by atoms with Crippen molar-refractivity contribution < 1.29 is 14.3 Å². The van der Waals surface area contributed by atoms with Gasteiger partial charge in [-0.2, -0.15) is 0 Å². The number of carboxylic acid groups (broad SMARTS) is 1. The summed E-state index contributed by atoms with van der Waals surface area (Å²) < 4.78 is 4.99. The highest BCUT2D eigenvalue weighted by Gasteiger charge is 2.14. The monoisotopic (exact) mass is 233 g/mol. The van der Waals surface area contributed by atoms with Gasteiger partial charge < -0.3 is 14.8 Å². The molecule has 2 N–H and O–H groups in total. The van der Waals surface area contributed by atoms with Gasteiger partial charge in [-0.3, -0.25) is 4.98 Å². The van der Waals surface area contributed by atoms with Gasteiger partial charge in [-0.05, 0) is 12.1 Å². The van der Waals surface area contributed by atoms with Crippen LogP contribution in [0.1, 0.15) is 21.9 Å². The molecule has 0 radical (unpaired) electrons. The first-order valence-corrected chi connectivity index (χ1v) is 5.03. The summed E-state index contributed by atoms with van der Waals surface area (Å²) >= 11 is 0. The summed E-state index contributed by atoms with van der Waals surface area (Å²) in [5.74, 6) is -0.776. The summed E-state index contributed by atoms with van der Waals surface area (Å²) in [6.07, 6.45) is 2.83. The van der Waals surface area contributed by atoms with Crippen LogP contribution in [0.4, 0.5) is 0 Å². The fourth-order valence-electron chi connectivity index (χ4n) is 1.38. The van der Waals surface area contributed by atoms with Crippen LogP contribution in [-0.2, 0) is 13.1 Å². The molecular weight excluding hydrogens is 222 g/mol. The number of oxazole rings is 1. The molecule has 2 aromatic rings. The van der Waals surface area contributed by atoms with E-state index in [1.807, 2.05) is 18.2 Å². The molecule has 2 rings (SSSR count). The van der Waals surface area contributed by atoms with Gasteiger partial charge in [0.1, 0.15) is 0 Å². The summed E-state index contributed by atoms with van der Waals surface area (Å²) in [5.41, 5.74) is 0.822. The fraction of sp³-hybridized carbons (Fsp3) is 0.182. The van der Waals surface area contributed by atoms with Gasteiger partial charge in [0.2, 0.25) is 0 Å². The maximum atomic E-state index is 10.8. The van der Waals surface area contributed by atoms with Gasteiger partial charge in [-0.1, -0.05) is 6.07 Å². The Morgan fingerprint density at radius 2 is 2.24 bits per heavy atom. The van der Waals surface area contributed by atoms with Crippen LogP contribution >= 0.6 is 0 Å². The van der Waals surface area contributed by atoms with Crippen molar-refractivity contribution in [1.82, 2.24) is 15.3 Å². The van der Waals surface area contributed by atoms with Gasteiger partial charge in [0.05, 0.1) is 12.2 Å². The predicted octanol–water partition coefficient (Wildman–Crippen LogP) is 1.06. The van der Waals surface area contributed by atoms with E-state index in [2.05, 4.69) is 15.3 Å². The molecule has 0 saturated heterocycles. The van der Waals surface area contributed by atoms with E-state index in [0.29, 0.717) is 18.8 Å². The third-order valence-corrected chi connectivity index (χ3v) is 2.16. The number of hydrogen-bond donors (Lipinski definition) is 2. The first-order chi connectivity index (χ1) is 8.27. The largest absolute Gasteiger partial charge is 0.476 e. The zero-order chi connectivity index (χ0) is 12.1. The van der Waals surface area contributed by atoms with E-state index in [1.54, 1.807) is 6.20 Å². The number of rotatable bonds is 5. The number of aromatic nitrogens is 2. The molecule has 6 nitrogen and oxygen atoms in total. The zero-order valence-corrected chi connectivity index (χ0v) is 8.96. The van der Waals surface area contributed by atoms with Crippen LogP contribution in [0.25, 0.3) is 0 Å². The fourth-order valence-corrected chi connectivity index (χ4v) is 1.38. The Morgan fingerprint density at radius 1 is 1.35 bits per heavy atom. The van der Waals surface area contributed by atoms with E-state index in [0.717, 1.165) is 12.1 Å². The van der Waals surface area contributed by atoms with Gasteiger partial charge in [-0.25, -0.2) is 9.78 Å². The molecule has 0 aliphatic rings. The van der Waals surface area contributed by atoms with E-state index in [4.69, 9.17) is 9.52 Å². The van der Waals surface area contributed by atoms with Gasteiger partial charge in [-0.15, -0.1) is 0 Å². The zero-order valence-electron chi connectivity index (χ0n) is 8.96. The molecule has 17 heavy (non-hydrogen) atoms. The standard InChI is InChI=1S/C11H11N3O3/c15-11(16)10-9(17-7-14-10)6-12-5-8-3-1-2-4-13-8/h1-4,7,12H,5-6H2,(H,15,16). The first kappa shape index (κ1) is 11.3. The Kier molecular flexibility index (Phi) is 3.46. The van der Waals surface area contributed by atoms with Crippen molar-refractivity contribution in [3.8, 4) is 0 Å². The topological polar surface area (TPSA) is 88.2 Å². The lowest BCUT2D eigenvalue weighted by molar-refractivity contribution is 0.0688. The highest BCUT2D eigenvalue weighted by molar-refractivity contribution is 5.86. The predicted molar refractivity (Wildman–Crippen MR) is 58.2 cm³/mol. The van der Waals surface area contributed by atoms with Gasteiger partial charge >= 0.3 is 5.97 Å². The number of nitrogens with one attached hydrogen (secondary N) is 1. The number of carboxylic acids is 1. The van der Waals surface area contributed by atoms with Crippen LogP contribution < -0.4 is 5.32 Å². The number of hydrogen-bond acceptors (Lipinski definition) is 5. The van der Waals surface area contributed by atoms with Crippen molar-refractivity contribution in [3.05, 3.63) is 47.9 Å². The minimum atomic E-state index is -1.09. The lowest BCUT2D eigenvalue weighted by atomic mass is 10.3. The van der Waals surface area contributed by atoms with Crippen LogP contribution in [0.3, 0.4) is 0 Å². The molecular formula is C11H11N3O3. The smallest absolute Gasteiger partial charge is 0.358 e. The van der Waals surface area contributed by atoms with Crippen LogP contribution in [0, 0.1) is 0 Å². The Bertz CT molecular complexity index is 496. The Labute approximate surface area is 97.3 Å². The van der Waals surface area contributed by atoms with Crippen LogP contribution in [-0.4, -0.2) is 21.0 Å². The Hall–Kier alpha value is -2.21. The molecule has 0 aliphatic heterocycles. The SMILES string of the molecule is O=C(O)c1ncoc1CNCc1ccccn1. The van der Waals surface area contributed by atoms with Gasteiger partial charge in [0.25, 0.3) is 0 Å². The molecule has 0 aliphatic carbocycles. The van der Waals surface area contributed by atoms with Gasteiger partial charge in [0.15, 0.2) is 17.8 Å². The number of aromatic carboxylic acids is 1. The quantitative estimate of drug-likeness (QED) is 0.802.